The molecule has 1 amide bonds. The second-order valence-corrected chi connectivity index (χ2v) is 7.15. The average molecular weight is 399 g/mol. The summed E-state index contributed by atoms with van der Waals surface area (Å²) in [7, 11) is 6.53. The molecule has 6 heteroatoms. The number of aryl methyl sites for hydroxylation is 1. The van der Waals surface area contributed by atoms with E-state index >= 15 is 0 Å². The third-order valence-electron chi connectivity index (χ3n) is 5.18. The number of hydrogen-bond donors (Lipinski definition) is 0. The molecule has 0 radical (unpaired) electrons. The first kappa shape index (κ1) is 20.8. The van der Waals surface area contributed by atoms with Crippen LogP contribution >= 0.6 is 0 Å². The summed E-state index contributed by atoms with van der Waals surface area (Å²) < 4.78 is 21.5. The van der Waals surface area contributed by atoms with Crippen molar-refractivity contribution in [3.05, 3.63) is 47.5 Å². The number of nitrogens with zero attached hydrogens (tertiary/aromatic N) is 1. The molecule has 29 heavy (non-hydrogen) atoms. The molecule has 0 bridgehead atoms. The van der Waals surface area contributed by atoms with Gasteiger partial charge in [0.05, 0.1) is 28.4 Å². The van der Waals surface area contributed by atoms with Crippen LogP contribution in [-0.4, -0.2) is 45.3 Å². The number of ether oxygens (including phenoxy) is 4. The van der Waals surface area contributed by atoms with E-state index in [4.69, 9.17) is 18.9 Å². The number of hydrogen-bond acceptors (Lipinski definition) is 5. The molecule has 1 saturated carbocycles. The van der Waals surface area contributed by atoms with Crippen LogP contribution in [0.2, 0.25) is 0 Å². The van der Waals surface area contributed by atoms with E-state index in [-0.39, 0.29) is 5.91 Å². The Morgan fingerprint density at radius 1 is 0.897 bits per heavy atom. The van der Waals surface area contributed by atoms with Crippen LogP contribution in [0.25, 0.3) is 0 Å². The van der Waals surface area contributed by atoms with Crippen molar-refractivity contribution in [2.45, 2.75) is 38.3 Å². The molecular formula is C23H29NO5. The second kappa shape index (κ2) is 9.54. The number of rotatable bonds is 10. The Balaban J connectivity index is 1.71. The van der Waals surface area contributed by atoms with Gasteiger partial charge in [-0.3, -0.25) is 4.79 Å². The van der Waals surface area contributed by atoms with Crippen molar-refractivity contribution in [1.82, 2.24) is 4.90 Å². The van der Waals surface area contributed by atoms with Crippen LogP contribution in [0.15, 0.2) is 36.4 Å². The molecule has 0 aromatic heterocycles. The molecule has 0 atom stereocenters. The summed E-state index contributed by atoms with van der Waals surface area (Å²) in [4.78, 5) is 15.0. The fourth-order valence-electron chi connectivity index (χ4n) is 3.40. The van der Waals surface area contributed by atoms with Gasteiger partial charge >= 0.3 is 0 Å². The molecule has 1 aliphatic carbocycles. The molecule has 2 aromatic rings. The molecule has 0 unspecified atom stereocenters. The lowest BCUT2D eigenvalue weighted by Gasteiger charge is -2.24. The van der Waals surface area contributed by atoms with Crippen LogP contribution < -0.4 is 18.9 Å². The van der Waals surface area contributed by atoms with Gasteiger partial charge in [-0.05, 0) is 55.2 Å². The summed E-state index contributed by atoms with van der Waals surface area (Å²) in [6.45, 7) is 0.519. The van der Waals surface area contributed by atoms with E-state index in [1.807, 2.05) is 41.3 Å². The van der Waals surface area contributed by atoms with Crippen LogP contribution in [0.1, 0.15) is 30.4 Å². The lowest BCUT2D eigenvalue weighted by Crippen LogP contribution is -2.32. The molecule has 1 aliphatic rings. The van der Waals surface area contributed by atoms with Gasteiger partial charge in [0.15, 0.2) is 0 Å². The quantitative estimate of drug-likeness (QED) is 0.607. The number of benzene rings is 2. The van der Waals surface area contributed by atoms with Crippen LogP contribution in [-0.2, 0) is 17.8 Å². The molecule has 3 rings (SSSR count). The van der Waals surface area contributed by atoms with Crippen LogP contribution in [0.4, 0.5) is 0 Å². The van der Waals surface area contributed by atoms with Crippen molar-refractivity contribution in [3.8, 4) is 23.0 Å². The number of methoxy groups -OCH3 is 4. The van der Waals surface area contributed by atoms with E-state index in [9.17, 15) is 4.79 Å². The van der Waals surface area contributed by atoms with Gasteiger partial charge in [0.2, 0.25) is 5.91 Å². The Labute approximate surface area is 172 Å². The van der Waals surface area contributed by atoms with Crippen LogP contribution in [0, 0.1) is 0 Å². The minimum Gasteiger partial charge on any atom is -0.497 e. The number of carbonyl (C=O) groups is 1. The minimum absolute atomic E-state index is 0.138. The number of carbonyl (C=O) groups excluding carboxylic acids is 1. The van der Waals surface area contributed by atoms with Gasteiger partial charge in [-0.2, -0.15) is 0 Å². The predicted octanol–water partition coefficient (Wildman–Crippen LogP) is 3.84. The maximum absolute atomic E-state index is 13.1. The minimum atomic E-state index is 0.138. The molecule has 0 heterocycles. The molecule has 0 N–H and O–H groups in total. The van der Waals surface area contributed by atoms with E-state index < -0.39 is 0 Å². The third kappa shape index (κ3) is 5.34. The van der Waals surface area contributed by atoms with Crippen molar-refractivity contribution in [1.29, 1.82) is 0 Å². The maximum Gasteiger partial charge on any atom is 0.223 e. The fourth-order valence-corrected chi connectivity index (χ4v) is 3.40. The largest absolute Gasteiger partial charge is 0.497 e. The molecule has 2 aromatic carbocycles. The Morgan fingerprint density at radius 3 is 2.10 bits per heavy atom. The summed E-state index contributed by atoms with van der Waals surface area (Å²) >= 11 is 0. The summed E-state index contributed by atoms with van der Waals surface area (Å²) in [6.07, 6.45) is 3.15. The molecule has 0 spiro atoms. The summed E-state index contributed by atoms with van der Waals surface area (Å²) in [5.74, 6) is 3.12. The highest BCUT2D eigenvalue weighted by Crippen LogP contribution is 2.33. The lowest BCUT2D eigenvalue weighted by molar-refractivity contribution is -0.132. The first-order valence-corrected chi connectivity index (χ1v) is 9.80. The van der Waals surface area contributed by atoms with Crippen molar-refractivity contribution in [2.75, 3.05) is 28.4 Å². The summed E-state index contributed by atoms with van der Waals surface area (Å²) in [5.41, 5.74) is 1.97. The smallest absolute Gasteiger partial charge is 0.223 e. The Morgan fingerprint density at radius 2 is 1.55 bits per heavy atom. The van der Waals surface area contributed by atoms with E-state index in [2.05, 4.69) is 0 Å². The SMILES string of the molecule is COc1cc(CCC(=O)N(Cc2cc(OC)ccc2OC)C2CC2)cc(OC)c1. The fraction of sp³-hybridized carbons (Fsp3) is 0.435. The van der Waals surface area contributed by atoms with E-state index in [0.29, 0.717) is 25.4 Å². The van der Waals surface area contributed by atoms with Crippen molar-refractivity contribution < 1.29 is 23.7 Å². The van der Waals surface area contributed by atoms with Crippen molar-refractivity contribution >= 4 is 5.91 Å². The Bertz CT molecular complexity index is 825. The third-order valence-corrected chi connectivity index (χ3v) is 5.18. The van der Waals surface area contributed by atoms with Gasteiger partial charge in [-0.1, -0.05) is 0 Å². The topological polar surface area (TPSA) is 57.2 Å². The molecular weight excluding hydrogens is 370 g/mol. The van der Waals surface area contributed by atoms with Gasteiger partial charge in [-0.25, -0.2) is 0 Å². The zero-order valence-corrected chi connectivity index (χ0v) is 17.6. The molecule has 0 aliphatic heterocycles. The van der Waals surface area contributed by atoms with Gasteiger partial charge in [0.1, 0.15) is 23.0 Å². The molecule has 1 fully saturated rings. The monoisotopic (exact) mass is 399 g/mol. The van der Waals surface area contributed by atoms with Crippen LogP contribution in [0.5, 0.6) is 23.0 Å². The maximum atomic E-state index is 13.1. The zero-order chi connectivity index (χ0) is 20.8. The predicted molar refractivity (Wildman–Crippen MR) is 111 cm³/mol. The zero-order valence-electron chi connectivity index (χ0n) is 17.6. The standard InChI is InChI=1S/C23H29NO5/c1-26-19-8-9-22(29-4)17(13-19)15-24(18-6-7-18)23(25)10-5-16-11-20(27-2)14-21(12-16)28-3/h8-9,11-14,18H,5-7,10,15H2,1-4H3. The highest BCUT2D eigenvalue weighted by molar-refractivity contribution is 5.77. The first-order valence-electron chi connectivity index (χ1n) is 9.80. The summed E-state index contributed by atoms with van der Waals surface area (Å²) in [5, 5.41) is 0. The average Bonchev–Trinajstić information content (AvgIpc) is 3.60. The molecule has 0 saturated heterocycles. The van der Waals surface area contributed by atoms with Gasteiger partial charge in [-0.15, -0.1) is 0 Å². The second-order valence-electron chi connectivity index (χ2n) is 7.15. The molecule has 156 valence electrons. The van der Waals surface area contributed by atoms with E-state index in [1.165, 1.54) is 0 Å². The Kier molecular flexibility index (Phi) is 6.86. The highest BCUT2D eigenvalue weighted by atomic mass is 16.5. The van der Waals surface area contributed by atoms with Crippen molar-refractivity contribution in [3.63, 3.8) is 0 Å². The van der Waals surface area contributed by atoms with E-state index in [1.54, 1.807) is 28.4 Å². The lowest BCUT2D eigenvalue weighted by atomic mass is 10.1. The first-order chi connectivity index (χ1) is 14.1. The highest BCUT2D eigenvalue weighted by Gasteiger charge is 2.32. The van der Waals surface area contributed by atoms with Gasteiger partial charge < -0.3 is 23.8 Å². The Hall–Kier alpha value is -2.89. The van der Waals surface area contributed by atoms with Gasteiger partial charge in [0, 0.05) is 30.6 Å². The number of amides is 1. The summed E-state index contributed by atoms with van der Waals surface area (Å²) in [6, 6.07) is 11.7. The molecule has 6 nitrogen and oxygen atoms in total. The van der Waals surface area contributed by atoms with Crippen molar-refractivity contribution in [2.24, 2.45) is 0 Å². The normalized spacial score (nSPS) is 13.0. The van der Waals surface area contributed by atoms with Crippen LogP contribution in [0.3, 0.4) is 0 Å². The van der Waals surface area contributed by atoms with E-state index in [0.717, 1.165) is 47.0 Å². The van der Waals surface area contributed by atoms with Gasteiger partial charge in [0.25, 0.3) is 0 Å².